The summed E-state index contributed by atoms with van der Waals surface area (Å²) in [5.74, 6) is 0.550. The van der Waals surface area contributed by atoms with Gasteiger partial charge in [0, 0.05) is 43.5 Å². The number of nitrogens with one attached hydrogen (secondary N) is 1. The van der Waals surface area contributed by atoms with Gasteiger partial charge in [-0.25, -0.2) is 0 Å². The minimum absolute atomic E-state index is 0.0961. The number of nitrogens with zero attached hydrogens (tertiary/aromatic N) is 4. The van der Waals surface area contributed by atoms with Crippen molar-refractivity contribution in [3.8, 4) is 0 Å². The highest BCUT2D eigenvalue weighted by Gasteiger charge is 2.32. The number of fused-ring (bicyclic) bond motifs is 1. The first-order valence-corrected chi connectivity index (χ1v) is 11.7. The molecular weight excluding hydrogens is 410 g/mol. The van der Waals surface area contributed by atoms with Crippen LogP contribution in [0.1, 0.15) is 45.8 Å². The number of hydrogen-bond acceptors (Lipinski definition) is 5. The van der Waals surface area contributed by atoms with E-state index in [9.17, 15) is 9.59 Å². The Morgan fingerprint density at radius 3 is 2.87 bits per heavy atom. The van der Waals surface area contributed by atoms with Gasteiger partial charge in [0.1, 0.15) is 0 Å². The molecule has 1 aliphatic heterocycles. The minimum atomic E-state index is -0.205. The molecule has 3 aromatic rings. The Kier molecular flexibility index (Phi) is 5.55. The SMILES string of the molecule is O=C(NCc1ccccn1)c1nn(CC2CC2)c2c1CN(C(=O)Cc1ccsc1)CC2. The standard InChI is InChI=1S/C23H25N5O2S/c29-21(11-17-7-10-31-15-17)27-9-6-20-19(14-27)22(26-28(20)13-16-4-5-16)23(30)25-12-18-3-1-2-8-24-18/h1-3,7-8,10,15-16H,4-6,9,11-14H2,(H,25,30). The van der Waals surface area contributed by atoms with Gasteiger partial charge in [0.25, 0.3) is 5.91 Å². The van der Waals surface area contributed by atoms with E-state index in [1.807, 2.05) is 44.6 Å². The van der Waals surface area contributed by atoms with Crippen LogP contribution < -0.4 is 5.32 Å². The Morgan fingerprint density at radius 2 is 2.13 bits per heavy atom. The Morgan fingerprint density at radius 1 is 1.23 bits per heavy atom. The van der Waals surface area contributed by atoms with Crippen molar-refractivity contribution < 1.29 is 9.59 Å². The number of hydrogen-bond donors (Lipinski definition) is 1. The number of aromatic nitrogens is 3. The van der Waals surface area contributed by atoms with Crippen molar-refractivity contribution in [3.63, 3.8) is 0 Å². The maximum atomic E-state index is 13.0. The van der Waals surface area contributed by atoms with Gasteiger partial charge >= 0.3 is 0 Å². The van der Waals surface area contributed by atoms with Gasteiger partial charge in [-0.05, 0) is 53.3 Å². The van der Waals surface area contributed by atoms with Crippen molar-refractivity contribution in [1.82, 2.24) is 25.0 Å². The molecule has 0 bridgehead atoms. The summed E-state index contributed by atoms with van der Waals surface area (Å²) in [5.41, 5.74) is 4.28. The van der Waals surface area contributed by atoms with Gasteiger partial charge in [0.05, 0.1) is 18.7 Å². The molecular formula is C23H25N5O2S. The lowest BCUT2D eigenvalue weighted by Crippen LogP contribution is -2.38. The minimum Gasteiger partial charge on any atom is -0.345 e. The van der Waals surface area contributed by atoms with Crippen molar-refractivity contribution in [3.05, 3.63) is 69.4 Å². The number of thiophene rings is 1. The second kappa shape index (κ2) is 8.63. The van der Waals surface area contributed by atoms with E-state index in [1.54, 1.807) is 17.5 Å². The third kappa shape index (κ3) is 4.54. The molecule has 0 atom stereocenters. The predicted octanol–water partition coefficient (Wildman–Crippen LogP) is 2.81. The number of carbonyl (C=O) groups is 2. The van der Waals surface area contributed by atoms with Gasteiger partial charge < -0.3 is 10.2 Å². The summed E-state index contributed by atoms with van der Waals surface area (Å²) in [5, 5.41) is 11.7. The molecule has 0 radical (unpaired) electrons. The van der Waals surface area contributed by atoms with Gasteiger partial charge in [0.2, 0.25) is 5.91 Å². The van der Waals surface area contributed by atoms with E-state index >= 15 is 0 Å². The fraction of sp³-hybridized carbons (Fsp3) is 0.391. The molecule has 8 heteroatoms. The van der Waals surface area contributed by atoms with E-state index in [-0.39, 0.29) is 11.8 Å². The molecule has 1 N–H and O–H groups in total. The Hall–Kier alpha value is -3.00. The molecule has 2 aliphatic rings. The second-order valence-corrected chi connectivity index (χ2v) is 9.06. The molecule has 160 valence electrons. The van der Waals surface area contributed by atoms with Crippen LogP contribution in [0.5, 0.6) is 0 Å². The van der Waals surface area contributed by atoms with Crippen molar-refractivity contribution in [2.75, 3.05) is 6.54 Å². The zero-order chi connectivity index (χ0) is 21.2. The molecule has 7 nitrogen and oxygen atoms in total. The lowest BCUT2D eigenvalue weighted by Gasteiger charge is -2.28. The fourth-order valence-electron chi connectivity index (χ4n) is 4.02. The number of rotatable bonds is 7. The molecule has 1 aliphatic carbocycles. The van der Waals surface area contributed by atoms with Crippen LogP contribution in [0.2, 0.25) is 0 Å². The first kappa shape index (κ1) is 19.9. The van der Waals surface area contributed by atoms with Gasteiger partial charge in [-0.15, -0.1) is 0 Å². The van der Waals surface area contributed by atoms with Gasteiger partial charge in [-0.3, -0.25) is 19.3 Å². The Balaban J connectivity index is 1.35. The van der Waals surface area contributed by atoms with Crippen LogP contribution in [0.3, 0.4) is 0 Å². The maximum absolute atomic E-state index is 13.0. The van der Waals surface area contributed by atoms with E-state index in [2.05, 4.69) is 10.3 Å². The van der Waals surface area contributed by atoms with Gasteiger partial charge in [-0.1, -0.05) is 6.07 Å². The fourth-order valence-corrected chi connectivity index (χ4v) is 4.69. The normalized spacial score (nSPS) is 15.5. The average Bonchev–Trinajstić information content (AvgIpc) is 3.33. The van der Waals surface area contributed by atoms with Crippen molar-refractivity contribution >= 4 is 23.2 Å². The molecule has 2 amide bonds. The summed E-state index contributed by atoms with van der Waals surface area (Å²) in [4.78, 5) is 32.0. The molecule has 1 fully saturated rings. The topological polar surface area (TPSA) is 80.1 Å². The number of pyridine rings is 1. The zero-order valence-electron chi connectivity index (χ0n) is 17.3. The molecule has 0 saturated heterocycles. The first-order valence-electron chi connectivity index (χ1n) is 10.7. The lowest BCUT2D eigenvalue weighted by atomic mass is 10.0. The molecule has 4 heterocycles. The molecule has 0 aromatic carbocycles. The maximum Gasteiger partial charge on any atom is 0.272 e. The highest BCUT2D eigenvalue weighted by molar-refractivity contribution is 7.08. The average molecular weight is 436 g/mol. The summed E-state index contributed by atoms with van der Waals surface area (Å²) in [6, 6.07) is 7.62. The van der Waals surface area contributed by atoms with Gasteiger partial charge in [-0.2, -0.15) is 16.4 Å². The predicted molar refractivity (Wildman–Crippen MR) is 118 cm³/mol. The monoisotopic (exact) mass is 435 g/mol. The van der Waals surface area contributed by atoms with E-state index in [0.29, 0.717) is 37.7 Å². The van der Waals surface area contributed by atoms with Crippen molar-refractivity contribution in [1.29, 1.82) is 0 Å². The van der Waals surface area contributed by atoms with Crippen LogP contribution in [0, 0.1) is 5.92 Å². The van der Waals surface area contributed by atoms with Crippen LogP contribution in [-0.4, -0.2) is 38.0 Å². The summed E-state index contributed by atoms with van der Waals surface area (Å²) < 4.78 is 2.02. The van der Waals surface area contributed by atoms with Gasteiger partial charge in [0.15, 0.2) is 5.69 Å². The molecule has 31 heavy (non-hydrogen) atoms. The van der Waals surface area contributed by atoms with Crippen molar-refractivity contribution in [2.45, 2.75) is 45.3 Å². The molecule has 1 saturated carbocycles. The van der Waals surface area contributed by atoms with Crippen LogP contribution in [0.15, 0.2) is 41.2 Å². The lowest BCUT2D eigenvalue weighted by molar-refractivity contribution is -0.131. The molecule has 0 unspecified atom stereocenters. The molecule has 0 spiro atoms. The first-order chi connectivity index (χ1) is 15.2. The number of carbonyl (C=O) groups excluding carboxylic acids is 2. The van der Waals surface area contributed by atoms with E-state index in [4.69, 9.17) is 5.10 Å². The van der Waals surface area contributed by atoms with Crippen LogP contribution in [0.4, 0.5) is 0 Å². The molecule has 5 rings (SSSR count). The van der Waals surface area contributed by atoms with E-state index in [0.717, 1.165) is 35.5 Å². The smallest absolute Gasteiger partial charge is 0.272 e. The summed E-state index contributed by atoms with van der Waals surface area (Å²) in [6.07, 6.45) is 5.29. The third-order valence-electron chi connectivity index (χ3n) is 5.92. The summed E-state index contributed by atoms with van der Waals surface area (Å²) >= 11 is 1.60. The van der Waals surface area contributed by atoms with Crippen molar-refractivity contribution in [2.24, 2.45) is 5.92 Å². The highest BCUT2D eigenvalue weighted by atomic mass is 32.1. The zero-order valence-corrected chi connectivity index (χ0v) is 18.1. The van der Waals surface area contributed by atoms with Crippen LogP contribution in [-0.2, 0) is 37.3 Å². The van der Waals surface area contributed by atoms with E-state index in [1.165, 1.54) is 12.8 Å². The van der Waals surface area contributed by atoms with Crippen LogP contribution >= 0.6 is 11.3 Å². The quantitative estimate of drug-likeness (QED) is 0.619. The van der Waals surface area contributed by atoms with E-state index < -0.39 is 0 Å². The third-order valence-corrected chi connectivity index (χ3v) is 6.65. The second-order valence-electron chi connectivity index (χ2n) is 8.28. The highest BCUT2D eigenvalue weighted by Crippen LogP contribution is 2.32. The Labute approximate surface area is 185 Å². The van der Waals surface area contributed by atoms with Crippen LogP contribution in [0.25, 0.3) is 0 Å². The Bertz CT molecular complexity index is 1070. The summed E-state index contributed by atoms with van der Waals surface area (Å²) in [7, 11) is 0. The largest absolute Gasteiger partial charge is 0.345 e. The number of amides is 2. The molecule has 3 aromatic heterocycles. The summed E-state index contributed by atoms with van der Waals surface area (Å²) in [6.45, 7) is 2.32.